The molecule has 0 aromatic heterocycles. The van der Waals surface area contributed by atoms with Gasteiger partial charge in [0.25, 0.3) is 0 Å². The molecular weight excluding hydrogens is 226 g/mol. The maximum atomic E-state index is 5.41. The van der Waals surface area contributed by atoms with E-state index in [4.69, 9.17) is 9.47 Å². The highest BCUT2D eigenvalue weighted by molar-refractivity contribution is 5.59. The van der Waals surface area contributed by atoms with Crippen LogP contribution in [0.25, 0.3) is 0 Å². The molecule has 1 saturated carbocycles. The first kappa shape index (κ1) is 13.1. The highest BCUT2D eigenvalue weighted by atomic mass is 16.5. The summed E-state index contributed by atoms with van der Waals surface area (Å²) in [5.41, 5.74) is 1.51. The number of hydrogen-bond acceptors (Lipinski definition) is 3. The van der Waals surface area contributed by atoms with Crippen LogP contribution in [-0.2, 0) is 0 Å². The standard InChI is InChI=1S/C15H23NO2/c1-15(2)8-7-11(10-15)16-13-6-5-12(17-3)9-14(13)18-4/h5-6,9,11,16H,7-8,10H2,1-4H3. The molecule has 1 aromatic carbocycles. The summed E-state index contributed by atoms with van der Waals surface area (Å²) in [6.07, 6.45) is 3.72. The lowest BCUT2D eigenvalue weighted by Crippen LogP contribution is -2.18. The zero-order valence-electron chi connectivity index (χ0n) is 11.7. The monoisotopic (exact) mass is 249 g/mol. The summed E-state index contributed by atoms with van der Waals surface area (Å²) in [7, 11) is 3.36. The van der Waals surface area contributed by atoms with Crippen LogP contribution in [0, 0.1) is 5.41 Å². The van der Waals surface area contributed by atoms with E-state index in [1.165, 1.54) is 19.3 Å². The summed E-state index contributed by atoms with van der Waals surface area (Å²) in [5.74, 6) is 1.67. The fourth-order valence-corrected chi connectivity index (χ4v) is 2.70. The Kier molecular flexibility index (Phi) is 3.69. The molecule has 0 spiro atoms. The molecule has 2 rings (SSSR count). The summed E-state index contributed by atoms with van der Waals surface area (Å²) >= 11 is 0. The third-order valence-electron chi connectivity index (χ3n) is 3.74. The van der Waals surface area contributed by atoms with E-state index < -0.39 is 0 Å². The molecule has 1 fully saturated rings. The number of nitrogens with one attached hydrogen (secondary N) is 1. The third kappa shape index (κ3) is 2.89. The SMILES string of the molecule is COc1ccc(NC2CCC(C)(C)C2)c(OC)c1. The Labute approximate surface area is 109 Å². The van der Waals surface area contributed by atoms with Crippen LogP contribution in [0.15, 0.2) is 18.2 Å². The molecule has 100 valence electrons. The molecule has 3 nitrogen and oxygen atoms in total. The van der Waals surface area contributed by atoms with Crippen molar-refractivity contribution in [2.45, 2.75) is 39.2 Å². The molecule has 1 aromatic rings. The Bertz CT molecular complexity index is 415. The van der Waals surface area contributed by atoms with Crippen LogP contribution in [0.1, 0.15) is 33.1 Å². The molecule has 1 aliphatic carbocycles. The summed E-state index contributed by atoms with van der Waals surface area (Å²) in [4.78, 5) is 0. The predicted octanol–water partition coefficient (Wildman–Crippen LogP) is 3.69. The van der Waals surface area contributed by atoms with E-state index in [-0.39, 0.29) is 0 Å². The Morgan fingerprint density at radius 3 is 2.56 bits per heavy atom. The van der Waals surface area contributed by atoms with Crippen LogP contribution >= 0.6 is 0 Å². The van der Waals surface area contributed by atoms with E-state index >= 15 is 0 Å². The van der Waals surface area contributed by atoms with E-state index in [1.807, 2.05) is 18.2 Å². The molecule has 0 saturated heterocycles. The van der Waals surface area contributed by atoms with E-state index in [2.05, 4.69) is 19.2 Å². The van der Waals surface area contributed by atoms with Crippen LogP contribution in [0.4, 0.5) is 5.69 Å². The van der Waals surface area contributed by atoms with Gasteiger partial charge in [-0.2, -0.15) is 0 Å². The normalized spacial score (nSPS) is 21.7. The summed E-state index contributed by atoms with van der Waals surface area (Å²) in [6.45, 7) is 4.67. The average Bonchev–Trinajstić information content (AvgIpc) is 2.69. The quantitative estimate of drug-likeness (QED) is 0.882. The molecule has 0 radical (unpaired) electrons. The van der Waals surface area contributed by atoms with Gasteiger partial charge in [-0.3, -0.25) is 0 Å². The van der Waals surface area contributed by atoms with Crippen molar-refractivity contribution in [1.29, 1.82) is 0 Å². The summed E-state index contributed by atoms with van der Waals surface area (Å²) in [5, 5.41) is 3.59. The molecule has 1 aliphatic rings. The third-order valence-corrected chi connectivity index (χ3v) is 3.74. The van der Waals surface area contributed by atoms with Gasteiger partial charge in [0.2, 0.25) is 0 Å². The van der Waals surface area contributed by atoms with Crippen molar-refractivity contribution >= 4 is 5.69 Å². The highest BCUT2D eigenvalue weighted by Crippen LogP contribution is 2.39. The fraction of sp³-hybridized carbons (Fsp3) is 0.600. The van der Waals surface area contributed by atoms with Crippen LogP contribution in [-0.4, -0.2) is 20.3 Å². The maximum Gasteiger partial charge on any atom is 0.145 e. The number of methoxy groups -OCH3 is 2. The first-order valence-corrected chi connectivity index (χ1v) is 6.53. The molecule has 0 bridgehead atoms. The largest absolute Gasteiger partial charge is 0.497 e. The van der Waals surface area contributed by atoms with Gasteiger partial charge in [0.15, 0.2) is 0 Å². The van der Waals surface area contributed by atoms with Crippen LogP contribution in [0.2, 0.25) is 0 Å². The topological polar surface area (TPSA) is 30.5 Å². The predicted molar refractivity (Wildman–Crippen MR) is 74.6 cm³/mol. The van der Waals surface area contributed by atoms with E-state index in [1.54, 1.807) is 14.2 Å². The van der Waals surface area contributed by atoms with Crippen molar-refractivity contribution in [1.82, 2.24) is 0 Å². The minimum Gasteiger partial charge on any atom is -0.497 e. The van der Waals surface area contributed by atoms with Gasteiger partial charge in [0.05, 0.1) is 19.9 Å². The van der Waals surface area contributed by atoms with Gasteiger partial charge in [-0.05, 0) is 36.8 Å². The highest BCUT2D eigenvalue weighted by Gasteiger charge is 2.31. The number of ether oxygens (including phenoxy) is 2. The van der Waals surface area contributed by atoms with Gasteiger partial charge in [-0.1, -0.05) is 13.8 Å². The number of rotatable bonds is 4. The summed E-state index contributed by atoms with van der Waals surface area (Å²) in [6, 6.07) is 6.46. The second kappa shape index (κ2) is 5.09. The van der Waals surface area contributed by atoms with Crippen molar-refractivity contribution in [3.63, 3.8) is 0 Å². The van der Waals surface area contributed by atoms with E-state index in [0.717, 1.165) is 17.2 Å². The molecule has 0 heterocycles. The smallest absolute Gasteiger partial charge is 0.145 e. The maximum absolute atomic E-state index is 5.41. The van der Waals surface area contributed by atoms with Crippen LogP contribution < -0.4 is 14.8 Å². The average molecular weight is 249 g/mol. The molecule has 0 amide bonds. The molecular formula is C15H23NO2. The first-order chi connectivity index (χ1) is 8.54. The van der Waals surface area contributed by atoms with Gasteiger partial charge in [0, 0.05) is 12.1 Å². The second-order valence-electron chi connectivity index (χ2n) is 5.81. The molecule has 1 atom stereocenters. The Balaban J connectivity index is 2.09. The van der Waals surface area contributed by atoms with Gasteiger partial charge in [0.1, 0.15) is 11.5 Å². The molecule has 1 unspecified atom stereocenters. The first-order valence-electron chi connectivity index (χ1n) is 6.53. The minimum absolute atomic E-state index is 0.456. The molecule has 0 aliphatic heterocycles. The Hall–Kier alpha value is -1.38. The van der Waals surface area contributed by atoms with Crippen LogP contribution in [0.5, 0.6) is 11.5 Å². The van der Waals surface area contributed by atoms with Gasteiger partial charge in [-0.25, -0.2) is 0 Å². The second-order valence-corrected chi connectivity index (χ2v) is 5.81. The lowest BCUT2D eigenvalue weighted by Gasteiger charge is -2.20. The van der Waals surface area contributed by atoms with Crippen molar-refractivity contribution in [2.75, 3.05) is 19.5 Å². The lowest BCUT2D eigenvalue weighted by atomic mass is 9.92. The molecule has 3 heteroatoms. The van der Waals surface area contributed by atoms with E-state index in [0.29, 0.717) is 11.5 Å². The van der Waals surface area contributed by atoms with Crippen molar-refractivity contribution < 1.29 is 9.47 Å². The minimum atomic E-state index is 0.456. The Morgan fingerprint density at radius 2 is 2.00 bits per heavy atom. The molecule has 1 N–H and O–H groups in total. The van der Waals surface area contributed by atoms with Gasteiger partial charge >= 0.3 is 0 Å². The lowest BCUT2D eigenvalue weighted by molar-refractivity contribution is 0.377. The van der Waals surface area contributed by atoms with E-state index in [9.17, 15) is 0 Å². The zero-order valence-corrected chi connectivity index (χ0v) is 11.7. The number of anilines is 1. The number of hydrogen-bond donors (Lipinski definition) is 1. The molecule has 18 heavy (non-hydrogen) atoms. The Morgan fingerprint density at radius 1 is 1.22 bits per heavy atom. The van der Waals surface area contributed by atoms with Crippen molar-refractivity contribution in [2.24, 2.45) is 5.41 Å². The number of benzene rings is 1. The van der Waals surface area contributed by atoms with Gasteiger partial charge in [-0.15, -0.1) is 0 Å². The van der Waals surface area contributed by atoms with Crippen LogP contribution in [0.3, 0.4) is 0 Å². The van der Waals surface area contributed by atoms with Crippen molar-refractivity contribution in [3.8, 4) is 11.5 Å². The fourth-order valence-electron chi connectivity index (χ4n) is 2.70. The van der Waals surface area contributed by atoms with Gasteiger partial charge < -0.3 is 14.8 Å². The zero-order chi connectivity index (χ0) is 13.2. The summed E-state index contributed by atoms with van der Waals surface area (Å²) < 4.78 is 10.6. The van der Waals surface area contributed by atoms with Crippen molar-refractivity contribution in [3.05, 3.63) is 18.2 Å².